The minimum Gasteiger partial charge on any atom is -0.351 e. The zero-order valence-corrected chi connectivity index (χ0v) is 20.3. The Balaban J connectivity index is 1.51. The summed E-state index contributed by atoms with van der Waals surface area (Å²) in [5, 5.41) is 9.92. The Kier molecular flexibility index (Phi) is 6.17. The predicted octanol–water partition coefficient (Wildman–Crippen LogP) is 4.99. The molecule has 0 spiro atoms. The van der Waals surface area contributed by atoms with Crippen LogP contribution in [0, 0.1) is 11.8 Å². The fraction of sp³-hybridized carbons (Fsp3) is 0.370. The van der Waals surface area contributed by atoms with Crippen LogP contribution in [0.1, 0.15) is 38.7 Å². The van der Waals surface area contributed by atoms with Gasteiger partial charge in [0, 0.05) is 33.9 Å². The summed E-state index contributed by atoms with van der Waals surface area (Å²) in [6.07, 6.45) is 4.99. The van der Waals surface area contributed by atoms with Crippen molar-refractivity contribution in [2.45, 2.75) is 52.2 Å². The van der Waals surface area contributed by atoms with Gasteiger partial charge in [-0.15, -0.1) is 0 Å². The third-order valence-electron chi connectivity index (χ3n) is 7.35. The number of hydrogen-bond acceptors (Lipinski definition) is 3. The van der Waals surface area contributed by atoms with Crippen molar-refractivity contribution in [1.82, 2.24) is 19.7 Å². The van der Waals surface area contributed by atoms with E-state index < -0.39 is 0 Å². The number of carbonyl (C=O) groups is 1. The molecule has 1 saturated carbocycles. The Morgan fingerprint density at radius 2 is 1.94 bits per heavy atom. The summed E-state index contributed by atoms with van der Waals surface area (Å²) in [5.41, 5.74) is 2.22. The third-order valence-corrected chi connectivity index (χ3v) is 7.58. The van der Waals surface area contributed by atoms with E-state index in [1.54, 1.807) is 6.20 Å². The Hall–Kier alpha value is -3.12. The van der Waals surface area contributed by atoms with Crippen LogP contribution in [0.25, 0.3) is 21.8 Å². The molecule has 6 nitrogen and oxygen atoms in total. The maximum atomic E-state index is 13.6. The number of para-hydroxylation sites is 1. The molecule has 0 unspecified atom stereocenters. The summed E-state index contributed by atoms with van der Waals surface area (Å²) in [4.78, 5) is 26.5. The summed E-state index contributed by atoms with van der Waals surface area (Å²) < 4.78 is 3.28. The van der Waals surface area contributed by atoms with E-state index in [1.807, 2.05) is 53.1 Å². The van der Waals surface area contributed by atoms with Gasteiger partial charge in [-0.25, -0.2) is 4.68 Å². The molecule has 2 heterocycles. The molecule has 0 aliphatic heterocycles. The van der Waals surface area contributed by atoms with Crippen molar-refractivity contribution >= 4 is 39.3 Å². The molecule has 34 heavy (non-hydrogen) atoms. The monoisotopic (exact) mass is 476 g/mol. The van der Waals surface area contributed by atoms with Crippen molar-refractivity contribution in [2.24, 2.45) is 11.8 Å². The van der Waals surface area contributed by atoms with Crippen molar-refractivity contribution in [1.29, 1.82) is 0 Å². The number of amides is 1. The van der Waals surface area contributed by atoms with Crippen LogP contribution in [0.4, 0.5) is 0 Å². The van der Waals surface area contributed by atoms with Crippen LogP contribution < -0.4 is 10.9 Å². The highest BCUT2D eigenvalue weighted by molar-refractivity contribution is 6.30. The van der Waals surface area contributed by atoms with Gasteiger partial charge in [0.15, 0.2) is 0 Å². The van der Waals surface area contributed by atoms with Crippen LogP contribution in [-0.4, -0.2) is 26.3 Å². The lowest BCUT2D eigenvalue weighted by atomic mass is 9.78. The molecule has 3 atom stereocenters. The van der Waals surface area contributed by atoms with Crippen molar-refractivity contribution in [3.63, 3.8) is 0 Å². The van der Waals surface area contributed by atoms with Crippen molar-refractivity contribution in [2.75, 3.05) is 0 Å². The Morgan fingerprint density at radius 1 is 1.12 bits per heavy atom. The van der Waals surface area contributed by atoms with Gasteiger partial charge in [-0.2, -0.15) is 5.10 Å². The summed E-state index contributed by atoms with van der Waals surface area (Å²) in [7, 11) is 0. The fourth-order valence-corrected chi connectivity index (χ4v) is 5.48. The SMILES string of the molecule is C[C@H]1[C@H](C)CCC[C@@H]1NC(=O)Cn1ncc2c3ccccc3n(Cc3cccc(Cl)c3)c2c1=O. The van der Waals surface area contributed by atoms with Gasteiger partial charge < -0.3 is 9.88 Å². The summed E-state index contributed by atoms with van der Waals surface area (Å²) in [6.45, 7) is 4.83. The van der Waals surface area contributed by atoms with E-state index in [0.717, 1.165) is 34.7 Å². The molecular formula is C27H29ClN4O2. The van der Waals surface area contributed by atoms with Gasteiger partial charge in [-0.1, -0.05) is 68.6 Å². The van der Waals surface area contributed by atoms with Crippen molar-refractivity contribution < 1.29 is 4.79 Å². The fourth-order valence-electron chi connectivity index (χ4n) is 5.26. The molecule has 1 fully saturated rings. The van der Waals surface area contributed by atoms with E-state index in [1.165, 1.54) is 11.1 Å². The minimum atomic E-state index is -0.268. The van der Waals surface area contributed by atoms with Crippen LogP contribution in [0.15, 0.2) is 59.5 Å². The number of carbonyl (C=O) groups excluding carboxylic acids is 1. The normalized spacial score (nSPS) is 20.6. The van der Waals surface area contributed by atoms with E-state index in [0.29, 0.717) is 28.9 Å². The number of halogens is 1. The van der Waals surface area contributed by atoms with Gasteiger partial charge >= 0.3 is 0 Å². The maximum Gasteiger partial charge on any atom is 0.291 e. The number of aromatic nitrogens is 3. The number of hydrogen-bond donors (Lipinski definition) is 1. The minimum absolute atomic E-state index is 0.0922. The van der Waals surface area contributed by atoms with E-state index in [9.17, 15) is 9.59 Å². The third kappa shape index (κ3) is 4.23. The molecule has 5 rings (SSSR count). The summed E-state index contributed by atoms with van der Waals surface area (Å²) in [5.74, 6) is 0.834. The molecule has 0 bridgehead atoms. The zero-order valence-electron chi connectivity index (χ0n) is 19.5. The van der Waals surface area contributed by atoms with E-state index in [-0.39, 0.29) is 24.1 Å². The molecule has 4 aromatic rings. The number of rotatable bonds is 5. The summed E-state index contributed by atoms with van der Waals surface area (Å²) >= 11 is 6.20. The van der Waals surface area contributed by atoms with Gasteiger partial charge in [0.25, 0.3) is 5.56 Å². The topological polar surface area (TPSA) is 68.9 Å². The lowest BCUT2D eigenvalue weighted by molar-refractivity contribution is -0.123. The highest BCUT2D eigenvalue weighted by Gasteiger charge is 2.28. The van der Waals surface area contributed by atoms with E-state index in [2.05, 4.69) is 24.3 Å². The molecule has 0 saturated heterocycles. The molecule has 1 aliphatic carbocycles. The van der Waals surface area contributed by atoms with Crippen molar-refractivity contribution in [3.05, 3.63) is 75.7 Å². The van der Waals surface area contributed by atoms with Gasteiger partial charge in [0.1, 0.15) is 12.1 Å². The quantitative estimate of drug-likeness (QED) is 0.441. The van der Waals surface area contributed by atoms with Crippen LogP contribution in [0.3, 0.4) is 0 Å². The molecule has 176 valence electrons. The Morgan fingerprint density at radius 3 is 2.76 bits per heavy atom. The molecule has 2 aromatic heterocycles. The molecular weight excluding hydrogens is 448 g/mol. The first-order chi connectivity index (χ1) is 16.4. The van der Waals surface area contributed by atoms with Gasteiger partial charge in [-0.05, 0) is 42.0 Å². The van der Waals surface area contributed by atoms with Crippen LogP contribution >= 0.6 is 11.6 Å². The summed E-state index contributed by atoms with van der Waals surface area (Å²) in [6, 6.07) is 15.7. The lowest BCUT2D eigenvalue weighted by Gasteiger charge is -2.34. The van der Waals surface area contributed by atoms with E-state index in [4.69, 9.17) is 11.6 Å². The number of nitrogens with zero attached hydrogens (tertiary/aromatic N) is 3. The molecule has 0 radical (unpaired) electrons. The smallest absolute Gasteiger partial charge is 0.291 e. The average Bonchev–Trinajstić information content (AvgIpc) is 3.13. The number of nitrogens with one attached hydrogen (secondary N) is 1. The zero-order chi connectivity index (χ0) is 23.8. The maximum absolute atomic E-state index is 13.6. The Labute approximate surface area is 203 Å². The van der Waals surface area contributed by atoms with Gasteiger partial charge in [0.2, 0.25) is 5.91 Å². The second-order valence-electron chi connectivity index (χ2n) is 9.54. The molecule has 1 aliphatic rings. The predicted molar refractivity (Wildman–Crippen MR) is 136 cm³/mol. The highest BCUT2D eigenvalue weighted by atomic mass is 35.5. The Bertz CT molecular complexity index is 1420. The highest BCUT2D eigenvalue weighted by Crippen LogP contribution is 2.30. The standard InChI is InChI=1S/C27H29ClN4O2/c1-17-7-5-11-23(18(17)2)30-25(33)16-32-27(34)26-22(14-29-32)21-10-3-4-12-24(21)31(26)15-19-8-6-9-20(28)13-19/h3-4,6,8-10,12-14,17-18,23H,5,7,11,15-16H2,1-2H3,(H,30,33)/t17-,18+,23+/m1/s1. The van der Waals surface area contributed by atoms with Gasteiger partial charge in [0.05, 0.1) is 6.20 Å². The van der Waals surface area contributed by atoms with Crippen molar-refractivity contribution in [3.8, 4) is 0 Å². The van der Waals surface area contributed by atoms with Crippen LogP contribution in [0.5, 0.6) is 0 Å². The van der Waals surface area contributed by atoms with Crippen LogP contribution in [-0.2, 0) is 17.9 Å². The first-order valence-corrected chi connectivity index (χ1v) is 12.3. The molecule has 1 amide bonds. The number of benzene rings is 2. The molecule has 2 aromatic carbocycles. The van der Waals surface area contributed by atoms with Gasteiger partial charge in [-0.3, -0.25) is 9.59 Å². The lowest BCUT2D eigenvalue weighted by Crippen LogP contribution is -2.45. The van der Waals surface area contributed by atoms with E-state index >= 15 is 0 Å². The average molecular weight is 477 g/mol. The van der Waals surface area contributed by atoms with Crippen LogP contribution in [0.2, 0.25) is 5.02 Å². The second kappa shape index (κ2) is 9.26. The first-order valence-electron chi connectivity index (χ1n) is 11.9. The second-order valence-corrected chi connectivity index (χ2v) is 9.98. The number of fused-ring (bicyclic) bond motifs is 3. The molecule has 1 N–H and O–H groups in total. The largest absolute Gasteiger partial charge is 0.351 e. The first kappa shape index (κ1) is 22.7. The molecule has 7 heteroatoms.